The molecule has 2 atom stereocenters. The molecule has 4 heteroatoms. The van der Waals surface area contributed by atoms with Crippen LogP contribution >= 0.6 is 0 Å². The molecule has 0 spiro atoms. The molecule has 0 rings (SSSR count). The van der Waals surface area contributed by atoms with Gasteiger partial charge in [-0.05, 0) is 26.2 Å². The first-order valence-electron chi connectivity index (χ1n) is 5.29. The van der Waals surface area contributed by atoms with Gasteiger partial charge in [-0.3, -0.25) is 4.79 Å². The van der Waals surface area contributed by atoms with E-state index in [0.29, 0.717) is 13.0 Å². The van der Waals surface area contributed by atoms with Gasteiger partial charge in [-0.2, -0.15) is 0 Å². The lowest BCUT2D eigenvalue weighted by atomic mass is 10.1. The van der Waals surface area contributed by atoms with Gasteiger partial charge in [0.15, 0.2) is 0 Å². The molecule has 0 heterocycles. The van der Waals surface area contributed by atoms with E-state index in [9.17, 15) is 4.79 Å². The maximum Gasteiger partial charge on any atom is 0.236 e. The highest BCUT2D eigenvalue weighted by Gasteiger charge is 2.10. The lowest BCUT2D eigenvalue weighted by Gasteiger charge is -2.11. The summed E-state index contributed by atoms with van der Waals surface area (Å²) >= 11 is 0. The maximum absolute atomic E-state index is 11.3. The second kappa shape index (κ2) is 7.76. The first-order chi connectivity index (χ1) is 6.57. The Morgan fingerprint density at radius 3 is 2.64 bits per heavy atom. The fraction of sp³-hybridized carbons (Fsp3) is 0.900. The first kappa shape index (κ1) is 13.4. The predicted octanol–water partition coefficient (Wildman–Crippen LogP) is 0.391. The summed E-state index contributed by atoms with van der Waals surface area (Å²) in [5.74, 6) is -0.0857. The van der Waals surface area contributed by atoms with E-state index in [2.05, 4.69) is 5.32 Å². The minimum atomic E-state index is -0.383. The minimum Gasteiger partial charge on any atom is -0.393 e. The number of nitrogens with one attached hydrogen (secondary N) is 1. The molecule has 0 radical (unpaired) electrons. The zero-order chi connectivity index (χ0) is 11.0. The Balaban J connectivity index is 3.44. The van der Waals surface area contributed by atoms with E-state index >= 15 is 0 Å². The van der Waals surface area contributed by atoms with Crippen LogP contribution in [0.3, 0.4) is 0 Å². The summed E-state index contributed by atoms with van der Waals surface area (Å²) in [6, 6.07) is -0.383. The van der Waals surface area contributed by atoms with Gasteiger partial charge in [-0.1, -0.05) is 13.3 Å². The number of aliphatic hydroxyl groups is 1. The van der Waals surface area contributed by atoms with Crippen LogP contribution in [0.25, 0.3) is 0 Å². The third kappa shape index (κ3) is 6.86. The number of aliphatic hydroxyl groups excluding tert-OH is 1. The van der Waals surface area contributed by atoms with Crippen molar-refractivity contribution in [3.63, 3.8) is 0 Å². The Hall–Kier alpha value is -0.610. The minimum absolute atomic E-state index is 0.0857. The Labute approximate surface area is 85.9 Å². The van der Waals surface area contributed by atoms with Crippen LogP contribution in [0.5, 0.6) is 0 Å². The summed E-state index contributed by atoms with van der Waals surface area (Å²) < 4.78 is 0. The van der Waals surface area contributed by atoms with Gasteiger partial charge >= 0.3 is 0 Å². The van der Waals surface area contributed by atoms with E-state index in [1.807, 2.05) is 6.92 Å². The van der Waals surface area contributed by atoms with Gasteiger partial charge in [0.25, 0.3) is 0 Å². The van der Waals surface area contributed by atoms with Crippen molar-refractivity contribution >= 4 is 5.91 Å². The third-order valence-corrected chi connectivity index (χ3v) is 2.03. The molecule has 1 unspecified atom stereocenters. The molecule has 4 N–H and O–H groups in total. The molecular weight excluding hydrogens is 180 g/mol. The highest BCUT2D eigenvalue weighted by molar-refractivity contribution is 5.81. The van der Waals surface area contributed by atoms with E-state index in [1.165, 1.54) is 0 Å². The summed E-state index contributed by atoms with van der Waals surface area (Å²) in [6.07, 6.45) is 2.85. The van der Waals surface area contributed by atoms with E-state index in [0.717, 1.165) is 19.3 Å². The fourth-order valence-electron chi connectivity index (χ4n) is 1.18. The van der Waals surface area contributed by atoms with Crippen molar-refractivity contribution < 1.29 is 9.90 Å². The second-order valence-corrected chi connectivity index (χ2v) is 3.68. The molecule has 0 aromatic heterocycles. The van der Waals surface area contributed by atoms with Crippen molar-refractivity contribution in [2.45, 2.75) is 51.7 Å². The number of carbonyl (C=O) groups excluding carboxylic acids is 1. The van der Waals surface area contributed by atoms with E-state index in [4.69, 9.17) is 10.8 Å². The Kier molecular flexibility index (Phi) is 7.42. The molecule has 4 nitrogen and oxygen atoms in total. The molecule has 0 aromatic carbocycles. The molecule has 0 saturated carbocycles. The van der Waals surface area contributed by atoms with Crippen molar-refractivity contribution in [2.75, 3.05) is 6.54 Å². The highest BCUT2D eigenvalue weighted by Crippen LogP contribution is 1.95. The summed E-state index contributed by atoms with van der Waals surface area (Å²) in [6.45, 7) is 4.34. The van der Waals surface area contributed by atoms with Crippen LogP contribution in [0, 0.1) is 0 Å². The van der Waals surface area contributed by atoms with Gasteiger partial charge in [-0.15, -0.1) is 0 Å². The zero-order valence-corrected chi connectivity index (χ0v) is 9.12. The zero-order valence-electron chi connectivity index (χ0n) is 9.12. The van der Waals surface area contributed by atoms with E-state index in [1.54, 1.807) is 6.92 Å². The molecule has 0 aliphatic rings. The lowest BCUT2D eigenvalue weighted by molar-refractivity contribution is -0.122. The molecule has 0 aromatic rings. The summed E-state index contributed by atoms with van der Waals surface area (Å²) in [7, 11) is 0. The smallest absolute Gasteiger partial charge is 0.236 e. The van der Waals surface area contributed by atoms with Crippen molar-refractivity contribution in [1.82, 2.24) is 5.32 Å². The molecule has 0 aliphatic carbocycles. The van der Waals surface area contributed by atoms with Crippen LogP contribution < -0.4 is 11.1 Å². The number of nitrogens with two attached hydrogens (primary N) is 1. The molecule has 0 saturated heterocycles. The number of carbonyl (C=O) groups is 1. The summed E-state index contributed by atoms with van der Waals surface area (Å²) in [4.78, 5) is 11.3. The normalized spacial score (nSPS) is 14.9. The van der Waals surface area contributed by atoms with Crippen LogP contribution in [0.15, 0.2) is 0 Å². The van der Waals surface area contributed by atoms with Gasteiger partial charge in [0.1, 0.15) is 0 Å². The van der Waals surface area contributed by atoms with Crippen LogP contribution in [0.4, 0.5) is 0 Å². The van der Waals surface area contributed by atoms with E-state index < -0.39 is 0 Å². The number of amides is 1. The number of rotatable bonds is 7. The van der Waals surface area contributed by atoms with Crippen LogP contribution in [0.1, 0.15) is 39.5 Å². The predicted molar refractivity (Wildman–Crippen MR) is 56.8 cm³/mol. The molecule has 0 fully saturated rings. The number of hydrogen-bond donors (Lipinski definition) is 3. The second-order valence-electron chi connectivity index (χ2n) is 3.68. The van der Waals surface area contributed by atoms with Gasteiger partial charge in [0.2, 0.25) is 5.91 Å². The van der Waals surface area contributed by atoms with E-state index in [-0.39, 0.29) is 18.1 Å². The molecular formula is C10H22N2O2. The third-order valence-electron chi connectivity index (χ3n) is 2.03. The van der Waals surface area contributed by atoms with Crippen molar-refractivity contribution in [2.24, 2.45) is 5.73 Å². The largest absolute Gasteiger partial charge is 0.393 e. The van der Waals surface area contributed by atoms with Crippen LogP contribution in [0.2, 0.25) is 0 Å². The highest BCUT2D eigenvalue weighted by atomic mass is 16.3. The Morgan fingerprint density at radius 2 is 2.14 bits per heavy atom. The summed E-state index contributed by atoms with van der Waals surface area (Å²) in [5, 5.41) is 11.7. The van der Waals surface area contributed by atoms with Crippen LogP contribution in [-0.4, -0.2) is 29.7 Å². The molecule has 0 aliphatic heterocycles. The molecule has 14 heavy (non-hydrogen) atoms. The first-order valence-corrected chi connectivity index (χ1v) is 5.29. The Bertz CT molecular complexity index is 160. The quantitative estimate of drug-likeness (QED) is 0.523. The SMILES string of the molecule is CCC[C@H](N)C(=O)NCCCC(C)O. The van der Waals surface area contributed by atoms with Gasteiger partial charge in [0.05, 0.1) is 12.1 Å². The van der Waals surface area contributed by atoms with Gasteiger partial charge < -0.3 is 16.2 Å². The monoisotopic (exact) mass is 202 g/mol. The maximum atomic E-state index is 11.3. The molecule has 0 bridgehead atoms. The van der Waals surface area contributed by atoms with Crippen molar-refractivity contribution in [3.8, 4) is 0 Å². The van der Waals surface area contributed by atoms with Crippen LogP contribution in [-0.2, 0) is 4.79 Å². The van der Waals surface area contributed by atoms with Crippen molar-refractivity contribution in [1.29, 1.82) is 0 Å². The van der Waals surface area contributed by atoms with Gasteiger partial charge in [0, 0.05) is 6.54 Å². The molecule has 84 valence electrons. The average molecular weight is 202 g/mol. The topological polar surface area (TPSA) is 75.4 Å². The number of hydrogen-bond acceptors (Lipinski definition) is 3. The standard InChI is InChI=1S/C10H22N2O2/c1-3-5-9(11)10(14)12-7-4-6-8(2)13/h8-9,13H,3-7,11H2,1-2H3,(H,12,14)/t8?,9-/m0/s1. The van der Waals surface area contributed by atoms with Gasteiger partial charge in [-0.25, -0.2) is 0 Å². The molecule has 1 amide bonds. The Morgan fingerprint density at radius 1 is 1.50 bits per heavy atom. The fourth-order valence-corrected chi connectivity index (χ4v) is 1.18. The lowest BCUT2D eigenvalue weighted by Crippen LogP contribution is -2.40. The summed E-state index contributed by atoms with van der Waals surface area (Å²) in [5.41, 5.74) is 5.61. The average Bonchev–Trinajstić information content (AvgIpc) is 2.12. The van der Waals surface area contributed by atoms with Crippen molar-refractivity contribution in [3.05, 3.63) is 0 Å².